The molecule has 0 saturated heterocycles. The van der Waals surface area contributed by atoms with Crippen LogP contribution in [0.25, 0.3) is 0 Å². The minimum absolute atomic E-state index is 0.108. The molecular weight excluding hydrogens is 460 g/mol. The van der Waals surface area contributed by atoms with E-state index in [1.165, 1.54) is 17.5 Å². The van der Waals surface area contributed by atoms with Gasteiger partial charge in [0.15, 0.2) is 0 Å². The lowest BCUT2D eigenvalue weighted by atomic mass is 10.1. The topological polar surface area (TPSA) is 103 Å². The summed E-state index contributed by atoms with van der Waals surface area (Å²) in [6.07, 6.45) is 7.20. The summed E-state index contributed by atoms with van der Waals surface area (Å²) < 4.78 is 0. The number of carbonyl (C=O) groups is 1. The predicted molar refractivity (Wildman–Crippen MR) is 155 cm³/mol. The largest absolute Gasteiger partial charge is 0.355 e. The zero-order valence-electron chi connectivity index (χ0n) is 22.7. The van der Waals surface area contributed by atoms with Gasteiger partial charge in [0.1, 0.15) is 0 Å². The Bertz CT molecular complexity index is 789. The van der Waals surface area contributed by atoms with E-state index in [0.29, 0.717) is 13.1 Å². The van der Waals surface area contributed by atoms with Crippen molar-refractivity contribution >= 4 is 5.91 Å². The van der Waals surface area contributed by atoms with Crippen molar-refractivity contribution in [1.82, 2.24) is 26.6 Å². The van der Waals surface area contributed by atoms with Gasteiger partial charge in [0.2, 0.25) is 5.91 Å². The maximum Gasteiger partial charge on any atom is 0.237 e. The fourth-order valence-corrected chi connectivity index (χ4v) is 4.12. The Morgan fingerprint density at radius 3 is 1.81 bits per heavy atom. The molecule has 2 aromatic carbocycles. The molecule has 0 aliphatic rings. The normalized spacial score (nSPS) is 11.9. The zero-order valence-corrected chi connectivity index (χ0v) is 22.7. The maximum atomic E-state index is 12.9. The highest BCUT2D eigenvalue weighted by Gasteiger charge is 2.17. The number of hydrogen-bond acceptors (Lipinski definition) is 6. The molecule has 0 radical (unpaired) electrons. The molecule has 206 valence electrons. The standard InChI is InChI=1S/C30H50N6O/c31-18-11-22-32-19-9-10-20-33-23-12-24-35-30(37)29(36-26-28-15-5-2-6-16-28)17-7-8-21-34-25-27-13-3-1-4-14-27/h1-6,13-16,29,32-34,36H,7-12,17-26,31H2,(H,35,37)/t29-/m0/s1. The molecule has 1 amide bonds. The molecule has 0 aliphatic carbocycles. The van der Waals surface area contributed by atoms with Crippen LogP contribution in [0.3, 0.4) is 0 Å². The number of rotatable bonds is 23. The van der Waals surface area contributed by atoms with Crippen molar-refractivity contribution in [3.8, 4) is 0 Å². The summed E-state index contributed by atoms with van der Waals surface area (Å²) in [6.45, 7) is 8.01. The van der Waals surface area contributed by atoms with Gasteiger partial charge in [-0.3, -0.25) is 4.79 Å². The Morgan fingerprint density at radius 2 is 1.16 bits per heavy atom. The molecule has 0 heterocycles. The summed E-state index contributed by atoms with van der Waals surface area (Å²) in [6, 6.07) is 20.6. The van der Waals surface area contributed by atoms with Crippen molar-refractivity contribution in [2.75, 3.05) is 45.8 Å². The van der Waals surface area contributed by atoms with Crippen LogP contribution in [0, 0.1) is 0 Å². The maximum absolute atomic E-state index is 12.9. The monoisotopic (exact) mass is 510 g/mol. The average Bonchev–Trinajstić information content (AvgIpc) is 2.93. The van der Waals surface area contributed by atoms with E-state index in [1.807, 2.05) is 24.3 Å². The Kier molecular flexibility index (Phi) is 18.2. The van der Waals surface area contributed by atoms with Crippen LogP contribution in [0.2, 0.25) is 0 Å². The second-order valence-electron chi connectivity index (χ2n) is 9.57. The smallest absolute Gasteiger partial charge is 0.237 e. The second kappa shape index (κ2) is 21.8. The third-order valence-corrected chi connectivity index (χ3v) is 6.32. The van der Waals surface area contributed by atoms with Crippen molar-refractivity contribution < 1.29 is 4.79 Å². The average molecular weight is 511 g/mol. The molecule has 0 aliphatic heterocycles. The van der Waals surface area contributed by atoms with Crippen LogP contribution in [-0.2, 0) is 17.9 Å². The molecule has 7 N–H and O–H groups in total. The summed E-state index contributed by atoms with van der Waals surface area (Å²) in [5, 5.41) is 17.0. The highest BCUT2D eigenvalue weighted by Crippen LogP contribution is 2.05. The first kappa shape index (κ1) is 30.9. The van der Waals surface area contributed by atoms with Gasteiger partial charge < -0.3 is 32.3 Å². The van der Waals surface area contributed by atoms with Gasteiger partial charge >= 0.3 is 0 Å². The van der Waals surface area contributed by atoms with Crippen molar-refractivity contribution in [3.63, 3.8) is 0 Å². The molecule has 2 rings (SSSR count). The number of benzene rings is 2. The van der Waals surface area contributed by atoms with Gasteiger partial charge in [-0.05, 0) is 88.9 Å². The van der Waals surface area contributed by atoms with E-state index < -0.39 is 0 Å². The third kappa shape index (κ3) is 16.2. The minimum Gasteiger partial charge on any atom is -0.355 e. The van der Waals surface area contributed by atoms with Crippen LogP contribution < -0.4 is 32.3 Å². The van der Waals surface area contributed by atoms with E-state index in [1.54, 1.807) is 0 Å². The quantitative estimate of drug-likeness (QED) is 0.129. The van der Waals surface area contributed by atoms with Crippen LogP contribution in [-0.4, -0.2) is 57.8 Å². The molecule has 1 atom stereocenters. The molecule has 0 aromatic heterocycles. The first-order chi connectivity index (χ1) is 18.3. The molecule has 37 heavy (non-hydrogen) atoms. The molecule has 7 nitrogen and oxygen atoms in total. The van der Waals surface area contributed by atoms with Gasteiger partial charge in [-0.2, -0.15) is 0 Å². The number of amides is 1. The lowest BCUT2D eigenvalue weighted by molar-refractivity contribution is -0.123. The number of unbranched alkanes of at least 4 members (excludes halogenated alkanes) is 2. The van der Waals surface area contributed by atoms with E-state index in [2.05, 4.69) is 63.0 Å². The molecular formula is C30H50N6O. The van der Waals surface area contributed by atoms with Crippen LogP contribution in [0.1, 0.15) is 56.1 Å². The molecule has 7 heteroatoms. The van der Waals surface area contributed by atoms with E-state index in [4.69, 9.17) is 5.73 Å². The fraction of sp³-hybridized carbons (Fsp3) is 0.567. The minimum atomic E-state index is -0.172. The number of nitrogens with one attached hydrogen (secondary N) is 5. The summed E-state index contributed by atoms with van der Waals surface area (Å²) in [5.74, 6) is 0.108. The zero-order chi connectivity index (χ0) is 26.2. The van der Waals surface area contributed by atoms with E-state index in [-0.39, 0.29) is 11.9 Å². The van der Waals surface area contributed by atoms with E-state index in [0.717, 1.165) is 84.3 Å². The van der Waals surface area contributed by atoms with Crippen molar-refractivity contribution in [1.29, 1.82) is 0 Å². The number of nitrogens with two attached hydrogens (primary N) is 1. The molecule has 0 fully saturated rings. The SMILES string of the molecule is NCCCNCCCCNCCCNC(=O)[C@H](CCCCNCc1ccccc1)NCc1ccccc1. The molecule has 0 bridgehead atoms. The van der Waals surface area contributed by atoms with Crippen molar-refractivity contribution in [3.05, 3.63) is 71.8 Å². The number of carbonyl (C=O) groups excluding carboxylic acids is 1. The first-order valence-electron chi connectivity index (χ1n) is 14.2. The first-order valence-corrected chi connectivity index (χ1v) is 14.2. The van der Waals surface area contributed by atoms with Gasteiger partial charge in [-0.15, -0.1) is 0 Å². The Balaban J connectivity index is 1.58. The molecule has 0 saturated carbocycles. The predicted octanol–water partition coefficient (Wildman–Crippen LogP) is 2.92. The summed E-state index contributed by atoms with van der Waals surface area (Å²) in [4.78, 5) is 12.9. The van der Waals surface area contributed by atoms with Crippen molar-refractivity contribution in [2.45, 2.75) is 64.1 Å². The van der Waals surface area contributed by atoms with E-state index >= 15 is 0 Å². The highest BCUT2D eigenvalue weighted by atomic mass is 16.2. The van der Waals surface area contributed by atoms with Gasteiger partial charge in [0.25, 0.3) is 0 Å². The molecule has 0 unspecified atom stereocenters. The summed E-state index contributed by atoms with van der Waals surface area (Å²) in [7, 11) is 0. The van der Waals surface area contributed by atoms with Crippen LogP contribution in [0.4, 0.5) is 0 Å². The van der Waals surface area contributed by atoms with Gasteiger partial charge in [-0.25, -0.2) is 0 Å². The summed E-state index contributed by atoms with van der Waals surface area (Å²) >= 11 is 0. The second-order valence-corrected chi connectivity index (χ2v) is 9.57. The Hall–Kier alpha value is -2.29. The van der Waals surface area contributed by atoms with Gasteiger partial charge in [0, 0.05) is 19.6 Å². The third-order valence-electron chi connectivity index (χ3n) is 6.32. The van der Waals surface area contributed by atoms with Gasteiger partial charge in [0.05, 0.1) is 6.04 Å². The lowest BCUT2D eigenvalue weighted by Crippen LogP contribution is -2.44. The molecule has 2 aromatic rings. The van der Waals surface area contributed by atoms with E-state index in [9.17, 15) is 4.79 Å². The lowest BCUT2D eigenvalue weighted by Gasteiger charge is -2.19. The summed E-state index contributed by atoms with van der Waals surface area (Å²) in [5.41, 5.74) is 7.99. The van der Waals surface area contributed by atoms with Gasteiger partial charge in [-0.1, -0.05) is 67.1 Å². The van der Waals surface area contributed by atoms with Crippen LogP contribution in [0.15, 0.2) is 60.7 Å². The van der Waals surface area contributed by atoms with Crippen molar-refractivity contribution in [2.24, 2.45) is 5.73 Å². The highest BCUT2D eigenvalue weighted by molar-refractivity contribution is 5.81. The Labute approximate surface area is 224 Å². The van der Waals surface area contributed by atoms with Crippen LogP contribution >= 0.6 is 0 Å². The Morgan fingerprint density at radius 1 is 0.622 bits per heavy atom. The fourth-order valence-electron chi connectivity index (χ4n) is 4.12. The van der Waals surface area contributed by atoms with Crippen LogP contribution in [0.5, 0.6) is 0 Å². The number of hydrogen-bond donors (Lipinski definition) is 6. The molecule has 0 spiro atoms.